The molecule has 1 aliphatic carbocycles. The van der Waals surface area contributed by atoms with Crippen LogP contribution in [0.5, 0.6) is 0 Å². The molecule has 0 aromatic heterocycles. The molecule has 0 spiro atoms. The number of amides is 1. The maximum Gasteiger partial charge on any atom is 0.241 e. The van der Waals surface area contributed by atoms with Gasteiger partial charge in [-0.05, 0) is 60.9 Å². The van der Waals surface area contributed by atoms with Crippen molar-refractivity contribution in [1.82, 2.24) is 5.32 Å². The molecule has 0 bridgehead atoms. The molecule has 5 nitrogen and oxygen atoms in total. The number of anilines is 1. The fraction of sp³-hybridized carbons (Fsp3) is 0.409. The summed E-state index contributed by atoms with van der Waals surface area (Å²) in [6, 6.07) is 11.6. The Morgan fingerprint density at radius 1 is 1.14 bits per heavy atom. The van der Waals surface area contributed by atoms with E-state index in [-0.39, 0.29) is 11.7 Å². The van der Waals surface area contributed by atoms with Crippen LogP contribution in [0.2, 0.25) is 0 Å². The number of nitrogens with zero attached hydrogens (tertiary/aromatic N) is 1. The molecule has 7 heteroatoms. The third-order valence-corrected chi connectivity index (χ3v) is 6.45. The van der Waals surface area contributed by atoms with Gasteiger partial charge in [0.05, 0.1) is 18.0 Å². The van der Waals surface area contributed by atoms with Crippen LogP contribution in [0.15, 0.2) is 42.5 Å². The number of aryl methyl sites for hydroxylation is 2. The van der Waals surface area contributed by atoms with E-state index in [1.165, 1.54) is 48.2 Å². The number of benzene rings is 2. The van der Waals surface area contributed by atoms with Gasteiger partial charge >= 0.3 is 0 Å². The Labute approximate surface area is 172 Å². The molecule has 0 saturated carbocycles. The Kier molecular flexibility index (Phi) is 6.57. The van der Waals surface area contributed by atoms with Crippen LogP contribution in [-0.4, -0.2) is 27.1 Å². The molecule has 0 heterocycles. The second-order valence-corrected chi connectivity index (χ2v) is 9.39. The van der Waals surface area contributed by atoms with E-state index < -0.39 is 28.3 Å². The first kappa shape index (κ1) is 21.3. The Hall–Kier alpha value is -2.41. The lowest BCUT2D eigenvalue weighted by Crippen LogP contribution is -2.41. The molecule has 1 unspecified atom stereocenters. The molecule has 2 aromatic carbocycles. The summed E-state index contributed by atoms with van der Waals surface area (Å²) in [5, 5.41) is 2.91. The molecule has 29 heavy (non-hydrogen) atoms. The lowest BCUT2D eigenvalue weighted by atomic mass is 9.89. The second-order valence-electron chi connectivity index (χ2n) is 7.48. The van der Waals surface area contributed by atoms with Crippen molar-refractivity contribution in [2.45, 2.75) is 45.1 Å². The summed E-state index contributed by atoms with van der Waals surface area (Å²) in [6.45, 7) is 1.50. The third kappa shape index (κ3) is 5.15. The van der Waals surface area contributed by atoms with Gasteiger partial charge in [0.2, 0.25) is 15.9 Å². The number of carbonyl (C=O) groups excluding carboxylic acids is 1. The van der Waals surface area contributed by atoms with Crippen molar-refractivity contribution in [3.8, 4) is 0 Å². The second kappa shape index (κ2) is 8.95. The lowest BCUT2D eigenvalue weighted by Gasteiger charge is -2.25. The molecular weight excluding hydrogens is 391 g/mol. The van der Waals surface area contributed by atoms with Gasteiger partial charge < -0.3 is 5.32 Å². The van der Waals surface area contributed by atoms with E-state index in [0.29, 0.717) is 6.42 Å². The highest BCUT2D eigenvalue weighted by molar-refractivity contribution is 7.92. The van der Waals surface area contributed by atoms with Crippen molar-refractivity contribution in [3.05, 3.63) is 65.0 Å². The minimum Gasteiger partial charge on any atom is -0.348 e. The molecule has 1 amide bonds. The summed E-state index contributed by atoms with van der Waals surface area (Å²) in [7, 11) is -3.82. The first-order valence-corrected chi connectivity index (χ1v) is 11.8. The minimum atomic E-state index is -3.82. The summed E-state index contributed by atoms with van der Waals surface area (Å²) in [5.41, 5.74) is 3.57. The van der Waals surface area contributed by atoms with Gasteiger partial charge in [-0.3, -0.25) is 9.10 Å². The topological polar surface area (TPSA) is 66.5 Å². The van der Waals surface area contributed by atoms with Gasteiger partial charge in [-0.2, -0.15) is 0 Å². The smallest absolute Gasteiger partial charge is 0.241 e. The van der Waals surface area contributed by atoms with Gasteiger partial charge in [-0.1, -0.05) is 37.3 Å². The number of sulfonamides is 1. The van der Waals surface area contributed by atoms with Gasteiger partial charge in [-0.25, -0.2) is 12.8 Å². The number of fused-ring (bicyclic) bond motifs is 1. The average Bonchev–Trinajstić information content (AvgIpc) is 2.70. The lowest BCUT2D eigenvalue weighted by molar-refractivity contribution is -0.120. The van der Waals surface area contributed by atoms with Gasteiger partial charge in [0, 0.05) is 0 Å². The van der Waals surface area contributed by atoms with Gasteiger partial charge in [0.1, 0.15) is 12.4 Å². The van der Waals surface area contributed by atoms with Gasteiger partial charge in [0.25, 0.3) is 0 Å². The largest absolute Gasteiger partial charge is 0.348 e. The molecule has 0 saturated heterocycles. The van der Waals surface area contributed by atoms with Crippen LogP contribution >= 0.6 is 0 Å². The zero-order chi connectivity index (χ0) is 21.0. The van der Waals surface area contributed by atoms with Crippen molar-refractivity contribution >= 4 is 21.6 Å². The van der Waals surface area contributed by atoms with Crippen LogP contribution in [0, 0.1) is 5.82 Å². The average molecular weight is 419 g/mol. The molecule has 1 aliphatic rings. The highest BCUT2D eigenvalue weighted by Gasteiger charge is 2.25. The van der Waals surface area contributed by atoms with Crippen molar-refractivity contribution in [2.75, 3.05) is 17.1 Å². The fourth-order valence-corrected chi connectivity index (χ4v) is 4.65. The summed E-state index contributed by atoms with van der Waals surface area (Å²) in [4.78, 5) is 12.7. The van der Waals surface area contributed by atoms with Crippen LogP contribution in [0.4, 0.5) is 10.1 Å². The number of carbonyl (C=O) groups is 1. The molecule has 0 fully saturated rings. The van der Waals surface area contributed by atoms with Crippen molar-refractivity contribution < 1.29 is 17.6 Å². The third-order valence-electron chi connectivity index (χ3n) is 5.33. The fourth-order valence-electron chi connectivity index (χ4n) is 3.80. The van der Waals surface area contributed by atoms with E-state index in [1.807, 2.05) is 13.0 Å². The molecule has 2 aromatic rings. The van der Waals surface area contributed by atoms with E-state index >= 15 is 0 Å². The zero-order valence-corrected chi connectivity index (χ0v) is 17.6. The Balaban J connectivity index is 1.77. The zero-order valence-electron chi connectivity index (χ0n) is 16.8. The summed E-state index contributed by atoms with van der Waals surface area (Å²) in [6.07, 6.45) is 6.15. The normalized spacial score (nSPS) is 14.7. The van der Waals surface area contributed by atoms with E-state index in [9.17, 15) is 17.6 Å². The molecule has 3 rings (SSSR count). The van der Waals surface area contributed by atoms with Gasteiger partial charge in [-0.15, -0.1) is 0 Å². The van der Waals surface area contributed by atoms with Crippen molar-refractivity contribution in [1.29, 1.82) is 0 Å². The SMILES string of the molecule is CCC(NC(=O)CN(c1ccccc1F)S(C)(=O)=O)c1ccc2c(c1)CCCC2. The summed E-state index contributed by atoms with van der Waals surface area (Å²) >= 11 is 0. The Morgan fingerprint density at radius 2 is 1.83 bits per heavy atom. The predicted molar refractivity (Wildman–Crippen MR) is 113 cm³/mol. The van der Waals surface area contributed by atoms with E-state index in [1.54, 1.807) is 0 Å². The predicted octanol–water partition coefficient (Wildman–Crippen LogP) is 3.74. The van der Waals surface area contributed by atoms with E-state index in [4.69, 9.17) is 0 Å². The molecule has 1 atom stereocenters. The van der Waals surface area contributed by atoms with Gasteiger partial charge in [0.15, 0.2) is 0 Å². The molecule has 1 N–H and O–H groups in total. The molecule has 156 valence electrons. The first-order chi connectivity index (χ1) is 13.8. The Bertz CT molecular complexity index is 991. The Morgan fingerprint density at radius 3 is 2.48 bits per heavy atom. The van der Waals surface area contributed by atoms with Crippen LogP contribution < -0.4 is 9.62 Å². The van der Waals surface area contributed by atoms with Crippen molar-refractivity contribution in [2.24, 2.45) is 0 Å². The van der Waals surface area contributed by atoms with Crippen LogP contribution in [0.3, 0.4) is 0 Å². The minimum absolute atomic E-state index is 0.132. The number of halogens is 1. The van der Waals surface area contributed by atoms with E-state index in [2.05, 4.69) is 17.4 Å². The number of nitrogens with one attached hydrogen (secondary N) is 1. The number of hydrogen-bond donors (Lipinski definition) is 1. The number of rotatable bonds is 7. The van der Waals surface area contributed by atoms with Crippen LogP contribution in [0.25, 0.3) is 0 Å². The molecule has 0 aliphatic heterocycles. The summed E-state index contributed by atoms with van der Waals surface area (Å²) in [5.74, 6) is -1.16. The highest BCUT2D eigenvalue weighted by atomic mass is 32.2. The summed E-state index contributed by atoms with van der Waals surface area (Å²) < 4.78 is 39.3. The number of para-hydroxylation sites is 1. The molecule has 0 radical (unpaired) electrons. The standard InChI is InChI=1S/C22H27FN2O3S/c1-3-20(18-13-12-16-8-4-5-9-17(16)14-18)24-22(26)15-25(29(2,27)28)21-11-7-6-10-19(21)23/h6-7,10-14,20H,3-5,8-9,15H2,1-2H3,(H,24,26). The maximum absolute atomic E-state index is 14.1. The van der Waals surface area contributed by atoms with Crippen molar-refractivity contribution in [3.63, 3.8) is 0 Å². The molecular formula is C22H27FN2O3S. The van der Waals surface area contributed by atoms with Crippen LogP contribution in [-0.2, 0) is 27.7 Å². The van der Waals surface area contributed by atoms with E-state index in [0.717, 1.165) is 29.0 Å². The first-order valence-electron chi connectivity index (χ1n) is 9.93. The monoisotopic (exact) mass is 418 g/mol. The van der Waals surface area contributed by atoms with Crippen LogP contribution in [0.1, 0.15) is 48.9 Å². The quantitative estimate of drug-likeness (QED) is 0.745. The maximum atomic E-state index is 14.1. The highest BCUT2D eigenvalue weighted by Crippen LogP contribution is 2.26. The number of hydrogen-bond acceptors (Lipinski definition) is 3.